The van der Waals surface area contributed by atoms with Crippen molar-refractivity contribution in [2.45, 2.75) is 31.8 Å². The van der Waals surface area contributed by atoms with Crippen LogP contribution < -0.4 is 0 Å². The topological polar surface area (TPSA) is 70.5 Å². The average molecular weight is 284 g/mol. The Labute approximate surface area is 114 Å². The van der Waals surface area contributed by atoms with Gasteiger partial charge >= 0.3 is 0 Å². The van der Waals surface area contributed by atoms with Gasteiger partial charge in [-0.3, -0.25) is 4.98 Å². The van der Waals surface area contributed by atoms with Crippen LogP contribution in [-0.2, 0) is 16.4 Å². The zero-order chi connectivity index (χ0) is 13.9. The van der Waals surface area contributed by atoms with E-state index < -0.39 is 15.6 Å². The maximum Gasteiger partial charge on any atom is 0.214 e. The minimum Gasteiger partial charge on any atom is -0.390 e. The Balaban J connectivity index is 1.92. The summed E-state index contributed by atoms with van der Waals surface area (Å²) < 4.78 is 25.9. The lowest BCUT2D eigenvalue weighted by Crippen LogP contribution is -2.46. The van der Waals surface area contributed by atoms with E-state index in [0.29, 0.717) is 32.4 Å². The molecular weight excluding hydrogens is 264 g/mol. The molecule has 0 amide bonds. The lowest BCUT2D eigenvalue weighted by atomic mass is 9.95. The van der Waals surface area contributed by atoms with Crippen molar-refractivity contribution in [1.82, 2.24) is 9.29 Å². The Bertz CT molecular complexity index is 504. The number of sulfonamides is 1. The van der Waals surface area contributed by atoms with Gasteiger partial charge < -0.3 is 5.11 Å². The van der Waals surface area contributed by atoms with Crippen LogP contribution in [0.15, 0.2) is 24.4 Å². The van der Waals surface area contributed by atoms with Gasteiger partial charge in [0.05, 0.1) is 11.4 Å². The number of hydrogen-bond acceptors (Lipinski definition) is 4. The molecule has 5 nitrogen and oxygen atoms in total. The Kier molecular flexibility index (Phi) is 4.23. The molecule has 0 spiro atoms. The lowest BCUT2D eigenvalue weighted by molar-refractivity contribution is 0.0126. The molecular formula is C13H20N2O3S. The molecule has 106 valence electrons. The second-order valence-corrected chi connectivity index (χ2v) is 7.37. The highest BCUT2D eigenvalue weighted by Crippen LogP contribution is 2.23. The van der Waals surface area contributed by atoms with Gasteiger partial charge in [0, 0.05) is 31.4 Å². The molecule has 0 radical (unpaired) electrons. The van der Waals surface area contributed by atoms with Crippen LogP contribution in [0.25, 0.3) is 0 Å². The second-order valence-electron chi connectivity index (χ2n) is 5.28. The van der Waals surface area contributed by atoms with Gasteiger partial charge in [0.2, 0.25) is 10.0 Å². The second kappa shape index (κ2) is 5.56. The number of nitrogens with zero attached hydrogens (tertiary/aromatic N) is 2. The van der Waals surface area contributed by atoms with Crippen LogP contribution in [0.3, 0.4) is 0 Å². The maximum atomic E-state index is 12.2. The van der Waals surface area contributed by atoms with E-state index in [-0.39, 0.29) is 5.75 Å². The smallest absolute Gasteiger partial charge is 0.214 e. The Morgan fingerprint density at radius 1 is 1.37 bits per heavy atom. The molecule has 0 unspecified atom stereocenters. The summed E-state index contributed by atoms with van der Waals surface area (Å²) >= 11 is 0. The molecule has 1 aliphatic rings. The van der Waals surface area contributed by atoms with Gasteiger partial charge in [0.15, 0.2) is 0 Å². The minimum absolute atomic E-state index is 0.0756. The van der Waals surface area contributed by atoms with E-state index >= 15 is 0 Å². The highest BCUT2D eigenvalue weighted by molar-refractivity contribution is 7.89. The highest BCUT2D eigenvalue weighted by Gasteiger charge is 2.32. The van der Waals surface area contributed by atoms with Crippen molar-refractivity contribution < 1.29 is 13.5 Å². The molecule has 0 atom stereocenters. The number of piperidine rings is 1. The fraction of sp³-hybridized carbons (Fsp3) is 0.615. The normalized spacial score (nSPS) is 20.3. The highest BCUT2D eigenvalue weighted by atomic mass is 32.2. The standard InChI is InChI=1S/C13H20N2O3S/c1-13(16)6-9-15(10-7-13)19(17,18)11-5-12-4-2-3-8-14-12/h2-4,8,16H,5-7,9-11H2,1H3. The average Bonchev–Trinajstić information content (AvgIpc) is 2.37. The molecule has 0 aliphatic carbocycles. The van der Waals surface area contributed by atoms with Crippen LogP contribution in [-0.4, -0.2) is 47.3 Å². The summed E-state index contributed by atoms with van der Waals surface area (Å²) in [5.41, 5.74) is 0.0580. The molecule has 1 saturated heterocycles. The van der Waals surface area contributed by atoms with Crippen molar-refractivity contribution >= 4 is 10.0 Å². The van der Waals surface area contributed by atoms with Gasteiger partial charge in [-0.15, -0.1) is 0 Å². The number of aromatic nitrogens is 1. The minimum atomic E-state index is -3.25. The Morgan fingerprint density at radius 3 is 2.63 bits per heavy atom. The van der Waals surface area contributed by atoms with Crippen molar-refractivity contribution in [2.24, 2.45) is 0 Å². The molecule has 1 aromatic heterocycles. The van der Waals surface area contributed by atoms with Crippen LogP contribution >= 0.6 is 0 Å². The van der Waals surface area contributed by atoms with Crippen LogP contribution in [0.4, 0.5) is 0 Å². The first-order valence-electron chi connectivity index (χ1n) is 6.49. The van der Waals surface area contributed by atoms with Crippen molar-refractivity contribution in [3.63, 3.8) is 0 Å². The third-order valence-corrected chi connectivity index (χ3v) is 5.41. The van der Waals surface area contributed by atoms with E-state index in [0.717, 1.165) is 5.69 Å². The largest absolute Gasteiger partial charge is 0.390 e. The van der Waals surface area contributed by atoms with Gasteiger partial charge in [-0.2, -0.15) is 0 Å². The van der Waals surface area contributed by atoms with Crippen molar-refractivity contribution in [3.8, 4) is 0 Å². The van der Waals surface area contributed by atoms with Crippen LogP contribution in [0.5, 0.6) is 0 Å². The van der Waals surface area contributed by atoms with E-state index in [9.17, 15) is 13.5 Å². The Hall–Kier alpha value is -0.980. The van der Waals surface area contributed by atoms with Crippen molar-refractivity contribution in [1.29, 1.82) is 0 Å². The summed E-state index contributed by atoms with van der Waals surface area (Å²) in [4.78, 5) is 4.13. The van der Waals surface area contributed by atoms with E-state index in [1.54, 1.807) is 13.1 Å². The molecule has 0 saturated carbocycles. The van der Waals surface area contributed by atoms with Gasteiger partial charge in [-0.1, -0.05) is 6.07 Å². The fourth-order valence-electron chi connectivity index (χ4n) is 2.15. The van der Waals surface area contributed by atoms with Crippen LogP contribution in [0.1, 0.15) is 25.5 Å². The van der Waals surface area contributed by atoms with E-state index in [4.69, 9.17) is 0 Å². The van der Waals surface area contributed by atoms with Crippen LogP contribution in [0.2, 0.25) is 0 Å². The van der Waals surface area contributed by atoms with E-state index in [2.05, 4.69) is 4.98 Å². The first kappa shape index (κ1) is 14.4. The molecule has 1 aliphatic heterocycles. The van der Waals surface area contributed by atoms with Crippen LogP contribution in [0, 0.1) is 0 Å². The molecule has 2 rings (SSSR count). The molecule has 1 fully saturated rings. The molecule has 1 N–H and O–H groups in total. The summed E-state index contributed by atoms with van der Waals surface area (Å²) in [5, 5.41) is 9.83. The monoisotopic (exact) mass is 284 g/mol. The molecule has 1 aromatic rings. The first-order valence-corrected chi connectivity index (χ1v) is 8.10. The number of aryl methyl sites for hydroxylation is 1. The van der Waals surface area contributed by atoms with Gasteiger partial charge in [0.1, 0.15) is 0 Å². The van der Waals surface area contributed by atoms with Crippen molar-refractivity contribution in [2.75, 3.05) is 18.8 Å². The lowest BCUT2D eigenvalue weighted by Gasteiger charge is -2.34. The third kappa shape index (κ3) is 3.99. The maximum absolute atomic E-state index is 12.2. The third-order valence-electron chi connectivity index (χ3n) is 3.54. The molecule has 19 heavy (non-hydrogen) atoms. The summed E-state index contributed by atoms with van der Waals surface area (Å²) in [7, 11) is -3.25. The van der Waals surface area contributed by atoms with Gasteiger partial charge in [-0.05, 0) is 31.9 Å². The number of rotatable bonds is 4. The molecule has 0 aromatic carbocycles. The Morgan fingerprint density at radius 2 is 2.05 bits per heavy atom. The first-order chi connectivity index (χ1) is 8.89. The summed E-state index contributed by atoms with van der Waals surface area (Å²) in [6.45, 7) is 2.56. The zero-order valence-electron chi connectivity index (χ0n) is 11.1. The van der Waals surface area contributed by atoms with E-state index in [1.165, 1.54) is 4.31 Å². The summed E-state index contributed by atoms with van der Waals surface area (Å²) in [6.07, 6.45) is 3.09. The fourth-order valence-corrected chi connectivity index (χ4v) is 3.62. The zero-order valence-corrected chi connectivity index (χ0v) is 11.9. The molecule has 6 heteroatoms. The predicted octanol–water partition coefficient (Wildman–Crippen LogP) is 0.801. The number of hydrogen-bond donors (Lipinski definition) is 1. The molecule has 2 heterocycles. The van der Waals surface area contributed by atoms with Gasteiger partial charge in [0.25, 0.3) is 0 Å². The number of aliphatic hydroxyl groups is 1. The quantitative estimate of drug-likeness (QED) is 0.888. The SMILES string of the molecule is CC1(O)CCN(S(=O)(=O)CCc2ccccn2)CC1. The number of pyridine rings is 1. The predicted molar refractivity (Wildman–Crippen MR) is 73.2 cm³/mol. The van der Waals surface area contributed by atoms with Gasteiger partial charge in [-0.25, -0.2) is 12.7 Å². The summed E-state index contributed by atoms with van der Waals surface area (Å²) in [6, 6.07) is 5.49. The van der Waals surface area contributed by atoms with Crippen molar-refractivity contribution in [3.05, 3.63) is 30.1 Å². The molecule has 0 bridgehead atoms. The summed E-state index contributed by atoms with van der Waals surface area (Å²) in [5.74, 6) is 0.0756. The van der Waals surface area contributed by atoms with E-state index in [1.807, 2.05) is 18.2 Å².